The fourth-order valence-electron chi connectivity index (χ4n) is 6.18. The molecule has 1 aliphatic carbocycles. The molecule has 3 aromatic rings. The molecular weight excluding hydrogens is 536 g/mol. The number of aliphatic imine (C=N–C) groups is 1. The van der Waals surface area contributed by atoms with Crippen molar-refractivity contribution < 1.29 is 4.79 Å². The molecule has 3 nitrogen and oxygen atoms in total. The van der Waals surface area contributed by atoms with E-state index < -0.39 is 0 Å². The van der Waals surface area contributed by atoms with Crippen molar-refractivity contribution in [3.63, 3.8) is 0 Å². The fraction of sp³-hybridized carbons (Fsp3) is 0.439. The first-order valence-electron chi connectivity index (χ1n) is 16.8. The molecule has 2 aromatic carbocycles. The first-order chi connectivity index (χ1) is 21.5. The number of ketones is 1. The molecule has 0 radical (unpaired) electrons. The maximum atomic E-state index is 13.1. The number of unbranched alkanes of at least 4 members (excludes halogenated alkanes) is 3. The van der Waals surface area contributed by atoms with Crippen molar-refractivity contribution in [2.75, 3.05) is 7.05 Å². The van der Waals surface area contributed by atoms with Crippen LogP contribution in [0, 0.1) is 18.8 Å². The number of nitrogens with zero attached hydrogens (tertiary/aromatic N) is 2. The topological polar surface area (TPSA) is 42.3 Å². The molecule has 0 bridgehead atoms. The number of hydrogen-bond donors (Lipinski definition) is 0. The summed E-state index contributed by atoms with van der Waals surface area (Å²) in [6.45, 7) is 7.98. The smallest absolute Gasteiger partial charge is 0.158 e. The van der Waals surface area contributed by atoms with Gasteiger partial charge in [-0.15, -0.1) is 6.58 Å². The van der Waals surface area contributed by atoms with Gasteiger partial charge in [-0.3, -0.25) is 14.8 Å². The lowest BCUT2D eigenvalue weighted by Gasteiger charge is -2.26. The average Bonchev–Trinajstić information content (AvgIpc) is 3.05. The Bertz CT molecular complexity index is 1280. The van der Waals surface area contributed by atoms with Crippen LogP contribution >= 0.6 is 0 Å². The summed E-state index contributed by atoms with van der Waals surface area (Å²) in [6, 6.07) is 23.2. The Morgan fingerprint density at radius 3 is 2.23 bits per heavy atom. The number of aromatic nitrogens is 1. The van der Waals surface area contributed by atoms with Crippen LogP contribution in [0.2, 0.25) is 0 Å². The summed E-state index contributed by atoms with van der Waals surface area (Å²) in [5.74, 6) is 1.07. The molecule has 4 rings (SSSR count). The first-order valence-corrected chi connectivity index (χ1v) is 16.8. The standard InChI is InChI=1S/C32H44N2O.C9H10/c1-4-9-28(11-8-6-5-7-10-26-20-22-34-23-21-26)31(35)24-27-14-18-30(19-15-27)32(33-3)29-16-12-25(2)13-17-29;1-2-6-9-7-4-3-5-8-9/h12-13,16-17,20-24,28,30H,4-11,14-15,18-19H2,1-3H3;2-5,7-8H,1,6H2. The van der Waals surface area contributed by atoms with E-state index in [1.54, 1.807) is 0 Å². The lowest BCUT2D eigenvalue weighted by molar-refractivity contribution is -0.118. The van der Waals surface area contributed by atoms with Crippen molar-refractivity contribution in [3.05, 3.63) is 126 Å². The van der Waals surface area contributed by atoms with Gasteiger partial charge in [0.2, 0.25) is 0 Å². The Labute approximate surface area is 267 Å². The second-order valence-corrected chi connectivity index (χ2v) is 12.2. The highest BCUT2D eigenvalue weighted by Gasteiger charge is 2.24. The molecule has 1 aliphatic rings. The van der Waals surface area contributed by atoms with Crippen molar-refractivity contribution in [1.29, 1.82) is 0 Å². The van der Waals surface area contributed by atoms with Gasteiger partial charge in [0.15, 0.2) is 5.78 Å². The van der Waals surface area contributed by atoms with Gasteiger partial charge in [0.05, 0.1) is 0 Å². The molecule has 1 saturated carbocycles. The number of rotatable bonds is 15. The molecule has 3 heteroatoms. The highest BCUT2D eigenvalue weighted by Crippen LogP contribution is 2.32. The predicted octanol–water partition coefficient (Wildman–Crippen LogP) is 10.5. The van der Waals surface area contributed by atoms with Crippen molar-refractivity contribution in [1.82, 2.24) is 4.98 Å². The molecular formula is C41H54N2O. The van der Waals surface area contributed by atoms with E-state index in [1.807, 2.05) is 49.8 Å². The lowest BCUT2D eigenvalue weighted by atomic mass is 9.80. The average molecular weight is 591 g/mol. The highest BCUT2D eigenvalue weighted by atomic mass is 16.1. The molecule has 44 heavy (non-hydrogen) atoms. The van der Waals surface area contributed by atoms with Gasteiger partial charge < -0.3 is 0 Å². The molecule has 0 N–H and O–H groups in total. The van der Waals surface area contributed by atoms with Gasteiger partial charge in [-0.05, 0) is 99.6 Å². The number of benzene rings is 2. The number of aryl methyl sites for hydroxylation is 2. The summed E-state index contributed by atoms with van der Waals surface area (Å²) in [6.07, 6.45) is 22.0. The number of hydrogen-bond acceptors (Lipinski definition) is 3. The van der Waals surface area contributed by atoms with Gasteiger partial charge >= 0.3 is 0 Å². The summed E-state index contributed by atoms with van der Waals surface area (Å²) < 4.78 is 0. The Morgan fingerprint density at radius 2 is 1.59 bits per heavy atom. The summed E-state index contributed by atoms with van der Waals surface area (Å²) in [7, 11) is 1.92. The van der Waals surface area contributed by atoms with Gasteiger partial charge in [0, 0.05) is 37.0 Å². The Morgan fingerprint density at radius 1 is 0.909 bits per heavy atom. The molecule has 0 spiro atoms. The monoisotopic (exact) mass is 590 g/mol. The van der Waals surface area contributed by atoms with Crippen LogP contribution in [-0.2, 0) is 17.6 Å². The van der Waals surface area contributed by atoms with E-state index in [2.05, 4.69) is 78.9 Å². The van der Waals surface area contributed by atoms with Crippen LogP contribution in [0.1, 0.15) is 99.8 Å². The Hall–Kier alpha value is -3.59. The van der Waals surface area contributed by atoms with Crippen LogP contribution in [0.25, 0.3) is 0 Å². The van der Waals surface area contributed by atoms with Crippen LogP contribution in [0.15, 0.2) is 108 Å². The van der Waals surface area contributed by atoms with Crippen molar-refractivity contribution >= 4 is 11.5 Å². The van der Waals surface area contributed by atoms with E-state index in [4.69, 9.17) is 0 Å². The van der Waals surface area contributed by atoms with E-state index in [0.717, 1.165) is 64.2 Å². The maximum Gasteiger partial charge on any atom is 0.158 e. The number of carbonyl (C=O) groups is 1. The second kappa shape index (κ2) is 20.4. The minimum atomic E-state index is 0.200. The zero-order valence-electron chi connectivity index (χ0n) is 27.5. The summed E-state index contributed by atoms with van der Waals surface area (Å²) in [5.41, 5.74) is 7.80. The molecule has 1 atom stereocenters. The molecule has 234 valence electrons. The Balaban J connectivity index is 0.000000502. The number of allylic oxidation sites excluding steroid dienone is 3. The number of carbonyl (C=O) groups excluding carboxylic acids is 1. The van der Waals surface area contributed by atoms with Crippen LogP contribution in [-0.4, -0.2) is 23.5 Å². The van der Waals surface area contributed by atoms with Gasteiger partial charge in [0.25, 0.3) is 0 Å². The summed E-state index contributed by atoms with van der Waals surface area (Å²) >= 11 is 0. The number of pyridine rings is 1. The molecule has 1 aromatic heterocycles. The molecule has 1 unspecified atom stereocenters. The zero-order chi connectivity index (χ0) is 31.4. The lowest BCUT2D eigenvalue weighted by Crippen LogP contribution is -2.21. The molecule has 1 fully saturated rings. The largest absolute Gasteiger partial charge is 0.295 e. The van der Waals surface area contributed by atoms with E-state index in [1.165, 1.54) is 52.8 Å². The first kappa shape index (κ1) is 34.9. The SMILES string of the molecule is C=CCc1ccccc1.CCCC(CCCCCCc1ccncc1)C(=O)C=C1CCC(C(=NC)c2ccc(C)cc2)CC1. The van der Waals surface area contributed by atoms with Crippen molar-refractivity contribution in [2.24, 2.45) is 16.8 Å². The van der Waals surface area contributed by atoms with Gasteiger partial charge in [0.1, 0.15) is 0 Å². The Kier molecular flexibility index (Phi) is 16.2. The zero-order valence-corrected chi connectivity index (χ0v) is 27.5. The third kappa shape index (κ3) is 12.6. The highest BCUT2D eigenvalue weighted by molar-refractivity contribution is 6.02. The van der Waals surface area contributed by atoms with E-state index in [-0.39, 0.29) is 5.92 Å². The molecule has 0 amide bonds. The van der Waals surface area contributed by atoms with Crippen molar-refractivity contribution in [2.45, 2.75) is 97.3 Å². The van der Waals surface area contributed by atoms with Crippen LogP contribution in [0.3, 0.4) is 0 Å². The summed E-state index contributed by atoms with van der Waals surface area (Å²) in [4.78, 5) is 21.9. The molecule has 0 saturated heterocycles. The van der Waals surface area contributed by atoms with Crippen LogP contribution < -0.4 is 0 Å². The van der Waals surface area contributed by atoms with Gasteiger partial charge in [-0.25, -0.2) is 0 Å². The fourth-order valence-corrected chi connectivity index (χ4v) is 6.18. The minimum absolute atomic E-state index is 0.200. The maximum absolute atomic E-state index is 13.1. The van der Waals surface area contributed by atoms with Gasteiger partial charge in [-0.1, -0.05) is 104 Å². The third-order valence-electron chi connectivity index (χ3n) is 8.73. The summed E-state index contributed by atoms with van der Waals surface area (Å²) in [5, 5.41) is 0. The predicted molar refractivity (Wildman–Crippen MR) is 188 cm³/mol. The van der Waals surface area contributed by atoms with E-state index in [9.17, 15) is 4.79 Å². The van der Waals surface area contributed by atoms with Gasteiger partial charge in [-0.2, -0.15) is 0 Å². The molecule has 0 aliphatic heterocycles. The molecule has 1 heterocycles. The van der Waals surface area contributed by atoms with Crippen LogP contribution in [0.4, 0.5) is 0 Å². The van der Waals surface area contributed by atoms with E-state index >= 15 is 0 Å². The van der Waals surface area contributed by atoms with Crippen molar-refractivity contribution in [3.8, 4) is 0 Å². The van der Waals surface area contributed by atoms with E-state index in [0.29, 0.717) is 11.7 Å². The quantitative estimate of drug-likeness (QED) is 0.0765. The third-order valence-corrected chi connectivity index (χ3v) is 8.73. The minimum Gasteiger partial charge on any atom is -0.295 e. The second-order valence-electron chi connectivity index (χ2n) is 12.2. The van der Waals surface area contributed by atoms with Crippen LogP contribution in [0.5, 0.6) is 0 Å². The normalized spacial score (nSPS) is 15.6.